The lowest BCUT2D eigenvalue weighted by atomic mass is 10.2. The Labute approximate surface area is 99.7 Å². The van der Waals surface area contributed by atoms with E-state index in [9.17, 15) is 4.79 Å². The van der Waals surface area contributed by atoms with Crippen molar-refractivity contribution < 1.29 is 4.79 Å². The van der Waals surface area contributed by atoms with Crippen LogP contribution in [-0.2, 0) is 0 Å². The quantitative estimate of drug-likeness (QED) is 0.846. The van der Waals surface area contributed by atoms with Crippen LogP contribution in [0.15, 0.2) is 5.38 Å². The molecule has 88 valence electrons. The van der Waals surface area contributed by atoms with E-state index in [0.29, 0.717) is 10.9 Å². The molecule has 0 aliphatic carbocycles. The normalized spacial score (nSPS) is 16.8. The first-order valence-electron chi connectivity index (χ1n) is 5.64. The molecule has 1 amide bonds. The Hall–Kier alpha value is -0.940. The van der Waals surface area contributed by atoms with Gasteiger partial charge in [-0.2, -0.15) is 0 Å². The lowest BCUT2D eigenvalue weighted by Gasteiger charge is -2.26. The first kappa shape index (κ1) is 11.5. The summed E-state index contributed by atoms with van der Waals surface area (Å²) < 4.78 is 0. The largest absolute Gasteiger partial charge is 0.334 e. The van der Waals surface area contributed by atoms with Crippen LogP contribution in [0.3, 0.4) is 0 Å². The molecule has 0 spiro atoms. The Balaban J connectivity index is 2.07. The number of nitrogens with one attached hydrogen (secondary N) is 1. The zero-order valence-electron chi connectivity index (χ0n) is 9.69. The van der Waals surface area contributed by atoms with Gasteiger partial charge in [0, 0.05) is 31.6 Å². The van der Waals surface area contributed by atoms with Gasteiger partial charge >= 0.3 is 0 Å². The Kier molecular flexibility index (Phi) is 3.56. The Bertz CT molecular complexity index is 369. The molecule has 0 atom stereocenters. The van der Waals surface area contributed by atoms with Crippen LogP contribution < -0.4 is 5.32 Å². The number of hydrogen-bond acceptors (Lipinski definition) is 4. The Morgan fingerprint density at radius 2 is 2.19 bits per heavy atom. The van der Waals surface area contributed by atoms with Crippen molar-refractivity contribution >= 4 is 17.2 Å². The van der Waals surface area contributed by atoms with Crippen LogP contribution in [-0.4, -0.2) is 42.0 Å². The Morgan fingerprint density at radius 3 is 2.75 bits per heavy atom. The summed E-state index contributed by atoms with van der Waals surface area (Å²) in [6.45, 7) is 7.52. The average molecular weight is 239 g/mol. The third-order valence-corrected chi connectivity index (χ3v) is 3.55. The zero-order chi connectivity index (χ0) is 11.5. The van der Waals surface area contributed by atoms with E-state index in [1.54, 1.807) is 0 Å². The number of rotatable bonds is 2. The molecule has 5 heteroatoms. The maximum Gasteiger partial charge on any atom is 0.282 e. The number of thiazole rings is 1. The predicted octanol–water partition coefficient (Wildman–Crippen LogP) is 1.31. The van der Waals surface area contributed by atoms with Gasteiger partial charge in [0.2, 0.25) is 0 Å². The molecule has 0 saturated carbocycles. The molecule has 1 aliphatic heterocycles. The standard InChI is InChI=1S/C11H17N3OS/c1-8(2)9-7-16-10(13-9)11(15)14-5-3-12-4-6-14/h7-8,12H,3-6H2,1-2H3. The van der Waals surface area contributed by atoms with E-state index in [2.05, 4.69) is 24.1 Å². The smallest absolute Gasteiger partial charge is 0.282 e. The minimum absolute atomic E-state index is 0.0819. The summed E-state index contributed by atoms with van der Waals surface area (Å²) in [6.07, 6.45) is 0. The average Bonchev–Trinajstić information content (AvgIpc) is 2.78. The van der Waals surface area contributed by atoms with Crippen molar-refractivity contribution in [1.29, 1.82) is 0 Å². The first-order valence-corrected chi connectivity index (χ1v) is 6.52. The van der Waals surface area contributed by atoms with Gasteiger partial charge < -0.3 is 10.2 Å². The monoisotopic (exact) mass is 239 g/mol. The molecule has 0 unspecified atom stereocenters. The van der Waals surface area contributed by atoms with Crippen LogP contribution in [0, 0.1) is 0 Å². The molecule has 1 aromatic rings. The molecule has 1 fully saturated rings. The third kappa shape index (κ3) is 2.41. The van der Waals surface area contributed by atoms with Crippen molar-refractivity contribution in [3.63, 3.8) is 0 Å². The third-order valence-electron chi connectivity index (χ3n) is 2.70. The topological polar surface area (TPSA) is 45.2 Å². The van der Waals surface area contributed by atoms with E-state index < -0.39 is 0 Å². The first-order chi connectivity index (χ1) is 7.68. The summed E-state index contributed by atoms with van der Waals surface area (Å²) in [4.78, 5) is 18.3. The molecular formula is C11H17N3OS. The number of carbonyl (C=O) groups is 1. The maximum absolute atomic E-state index is 12.1. The molecule has 16 heavy (non-hydrogen) atoms. The molecule has 0 radical (unpaired) electrons. The van der Waals surface area contributed by atoms with Crippen LogP contribution >= 0.6 is 11.3 Å². The summed E-state index contributed by atoms with van der Waals surface area (Å²) in [6, 6.07) is 0. The van der Waals surface area contributed by atoms with Crippen molar-refractivity contribution in [2.45, 2.75) is 19.8 Å². The lowest BCUT2D eigenvalue weighted by molar-refractivity contribution is 0.0735. The summed E-state index contributed by atoms with van der Waals surface area (Å²) in [5, 5.41) is 5.85. The van der Waals surface area contributed by atoms with Crippen molar-refractivity contribution in [3.8, 4) is 0 Å². The van der Waals surface area contributed by atoms with E-state index in [1.165, 1.54) is 11.3 Å². The second-order valence-corrected chi connectivity index (χ2v) is 5.13. The molecule has 1 saturated heterocycles. The number of nitrogens with zero attached hydrogens (tertiary/aromatic N) is 2. The van der Waals surface area contributed by atoms with Gasteiger partial charge in [0.05, 0.1) is 5.69 Å². The maximum atomic E-state index is 12.1. The van der Waals surface area contributed by atoms with E-state index in [-0.39, 0.29) is 5.91 Å². The second kappa shape index (κ2) is 4.93. The van der Waals surface area contributed by atoms with Crippen LogP contribution in [0.4, 0.5) is 0 Å². The van der Waals surface area contributed by atoms with Crippen molar-refractivity contribution in [2.75, 3.05) is 26.2 Å². The molecule has 0 aromatic carbocycles. The van der Waals surface area contributed by atoms with Crippen LogP contribution in [0.1, 0.15) is 35.3 Å². The van der Waals surface area contributed by atoms with Gasteiger partial charge in [0.25, 0.3) is 5.91 Å². The number of hydrogen-bond donors (Lipinski definition) is 1. The van der Waals surface area contributed by atoms with E-state index >= 15 is 0 Å². The minimum atomic E-state index is 0.0819. The van der Waals surface area contributed by atoms with Gasteiger partial charge in [-0.25, -0.2) is 4.98 Å². The highest BCUT2D eigenvalue weighted by Crippen LogP contribution is 2.19. The fourth-order valence-corrected chi connectivity index (χ4v) is 2.60. The van der Waals surface area contributed by atoms with Crippen molar-refractivity contribution in [1.82, 2.24) is 15.2 Å². The zero-order valence-corrected chi connectivity index (χ0v) is 10.5. The molecular weight excluding hydrogens is 222 g/mol. The number of aromatic nitrogens is 1. The van der Waals surface area contributed by atoms with E-state index in [1.807, 2.05) is 10.3 Å². The van der Waals surface area contributed by atoms with Crippen LogP contribution in [0.2, 0.25) is 0 Å². The fourth-order valence-electron chi connectivity index (χ4n) is 1.65. The number of amides is 1. The molecule has 2 heterocycles. The summed E-state index contributed by atoms with van der Waals surface area (Å²) in [7, 11) is 0. The predicted molar refractivity (Wildman–Crippen MR) is 65.0 cm³/mol. The fraction of sp³-hybridized carbons (Fsp3) is 0.636. The molecule has 1 N–H and O–H groups in total. The van der Waals surface area contributed by atoms with E-state index in [0.717, 1.165) is 31.9 Å². The molecule has 0 bridgehead atoms. The van der Waals surface area contributed by atoms with Crippen LogP contribution in [0.5, 0.6) is 0 Å². The van der Waals surface area contributed by atoms with Gasteiger partial charge in [-0.1, -0.05) is 13.8 Å². The molecule has 1 aromatic heterocycles. The molecule has 4 nitrogen and oxygen atoms in total. The summed E-state index contributed by atoms with van der Waals surface area (Å²) >= 11 is 1.46. The highest BCUT2D eigenvalue weighted by Gasteiger charge is 2.21. The highest BCUT2D eigenvalue weighted by molar-refractivity contribution is 7.11. The van der Waals surface area contributed by atoms with Gasteiger partial charge in [-0.05, 0) is 5.92 Å². The van der Waals surface area contributed by atoms with Gasteiger partial charge in [-0.15, -0.1) is 11.3 Å². The number of piperazine rings is 1. The van der Waals surface area contributed by atoms with E-state index in [4.69, 9.17) is 0 Å². The van der Waals surface area contributed by atoms with Crippen molar-refractivity contribution in [2.24, 2.45) is 0 Å². The summed E-state index contributed by atoms with van der Waals surface area (Å²) in [5.74, 6) is 0.472. The van der Waals surface area contributed by atoms with Gasteiger partial charge in [0.15, 0.2) is 5.01 Å². The molecule has 2 rings (SSSR count). The minimum Gasteiger partial charge on any atom is -0.334 e. The van der Waals surface area contributed by atoms with Gasteiger partial charge in [-0.3, -0.25) is 4.79 Å². The second-order valence-electron chi connectivity index (χ2n) is 4.27. The molecule has 1 aliphatic rings. The lowest BCUT2D eigenvalue weighted by Crippen LogP contribution is -2.46. The summed E-state index contributed by atoms with van der Waals surface area (Å²) in [5.41, 5.74) is 1.02. The number of carbonyl (C=O) groups excluding carboxylic acids is 1. The van der Waals surface area contributed by atoms with Crippen molar-refractivity contribution in [3.05, 3.63) is 16.1 Å². The Morgan fingerprint density at radius 1 is 1.50 bits per heavy atom. The SMILES string of the molecule is CC(C)c1csc(C(=O)N2CCNCC2)n1. The van der Waals surface area contributed by atoms with Gasteiger partial charge in [0.1, 0.15) is 0 Å². The van der Waals surface area contributed by atoms with Crippen LogP contribution in [0.25, 0.3) is 0 Å². The highest BCUT2D eigenvalue weighted by atomic mass is 32.1.